The molecule has 3 aromatic rings. The van der Waals surface area contributed by atoms with Gasteiger partial charge in [-0.15, -0.1) is 0 Å². The number of halogens is 1. The van der Waals surface area contributed by atoms with Crippen molar-refractivity contribution in [2.45, 2.75) is 6.54 Å². The molecule has 1 heterocycles. The van der Waals surface area contributed by atoms with Crippen LogP contribution in [0.4, 0.5) is 5.82 Å². The van der Waals surface area contributed by atoms with Crippen molar-refractivity contribution in [2.75, 3.05) is 11.9 Å². The van der Waals surface area contributed by atoms with E-state index in [-0.39, 0.29) is 12.5 Å². The Balaban J connectivity index is 1.57. The van der Waals surface area contributed by atoms with E-state index in [0.717, 1.165) is 5.56 Å². The Morgan fingerprint density at radius 1 is 1.15 bits per heavy atom. The largest absolute Gasteiger partial charge is 0.484 e. The molecule has 3 rings (SSSR count). The van der Waals surface area contributed by atoms with Crippen molar-refractivity contribution in [3.8, 4) is 11.8 Å². The van der Waals surface area contributed by atoms with Crippen molar-refractivity contribution in [1.82, 2.24) is 9.78 Å². The molecule has 26 heavy (non-hydrogen) atoms. The van der Waals surface area contributed by atoms with Crippen LogP contribution in [0.3, 0.4) is 0 Å². The van der Waals surface area contributed by atoms with E-state index in [1.54, 1.807) is 41.2 Å². The molecule has 1 amide bonds. The highest BCUT2D eigenvalue weighted by atomic mass is 35.5. The molecule has 0 fully saturated rings. The minimum atomic E-state index is -0.299. The van der Waals surface area contributed by atoms with Crippen molar-refractivity contribution < 1.29 is 9.53 Å². The average Bonchev–Trinajstić information content (AvgIpc) is 3.09. The van der Waals surface area contributed by atoms with Crippen LogP contribution < -0.4 is 10.1 Å². The lowest BCUT2D eigenvalue weighted by atomic mass is 10.2. The molecule has 0 saturated heterocycles. The Kier molecular flexibility index (Phi) is 5.52. The van der Waals surface area contributed by atoms with E-state index >= 15 is 0 Å². The highest BCUT2D eigenvalue weighted by Crippen LogP contribution is 2.14. The molecule has 7 heteroatoms. The molecule has 6 nitrogen and oxygen atoms in total. The Morgan fingerprint density at radius 3 is 2.58 bits per heavy atom. The molecule has 0 saturated carbocycles. The fourth-order valence-electron chi connectivity index (χ4n) is 2.28. The third-order valence-corrected chi connectivity index (χ3v) is 3.83. The zero-order chi connectivity index (χ0) is 18.4. The molecule has 0 radical (unpaired) electrons. The van der Waals surface area contributed by atoms with Gasteiger partial charge in [-0.3, -0.25) is 4.79 Å². The van der Waals surface area contributed by atoms with E-state index in [9.17, 15) is 4.79 Å². The van der Waals surface area contributed by atoms with Gasteiger partial charge in [0.2, 0.25) is 0 Å². The van der Waals surface area contributed by atoms with Crippen LogP contribution in [-0.2, 0) is 11.3 Å². The molecule has 0 spiro atoms. The second-order valence-corrected chi connectivity index (χ2v) is 5.91. The van der Waals surface area contributed by atoms with Crippen LogP contribution in [0, 0.1) is 11.3 Å². The number of aromatic nitrogens is 2. The lowest BCUT2D eigenvalue weighted by Gasteiger charge is -2.10. The van der Waals surface area contributed by atoms with Crippen LogP contribution in [0.1, 0.15) is 11.1 Å². The third-order valence-electron chi connectivity index (χ3n) is 3.58. The summed E-state index contributed by atoms with van der Waals surface area (Å²) >= 11 is 5.89. The summed E-state index contributed by atoms with van der Waals surface area (Å²) < 4.78 is 7.10. The smallest absolute Gasteiger partial charge is 0.263 e. The number of hydrogen-bond acceptors (Lipinski definition) is 4. The molecule has 0 atom stereocenters. The predicted molar refractivity (Wildman–Crippen MR) is 98.1 cm³/mol. The summed E-state index contributed by atoms with van der Waals surface area (Å²) in [6, 6.07) is 17.7. The monoisotopic (exact) mass is 366 g/mol. The van der Waals surface area contributed by atoms with E-state index in [0.29, 0.717) is 28.7 Å². The Bertz CT molecular complexity index is 927. The molecular formula is C19H15ClN4O2. The number of nitriles is 1. The van der Waals surface area contributed by atoms with Crippen LogP contribution in [0.2, 0.25) is 5.02 Å². The van der Waals surface area contributed by atoms with Gasteiger partial charge < -0.3 is 10.1 Å². The van der Waals surface area contributed by atoms with Gasteiger partial charge in [-0.1, -0.05) is 23.7 Å². The molecule has 0 aliphatic carbocycles. The number of carbonyl (C=O) groups excluding carboxylic acids is 1. The number of nitrogens with one attached hydrogen (secondary N) is 1. The fourth-order valence-corrected chi connectivity index (χ4v) is 2.41. The number of hydrogen-bond donors (Lipinski definition) is 1. The Labute approximate surface area is 155 Å². The van der Waals surface area contributed by atoms with E-state index in [2.05, 4.69) is 10.4 Å². The maximum atomic E-state index is 12.1. The number of amides is 1. The van der Waals surface area contributed by atoms with Crippen LogP contribution in [0.5, 0.6) is 5.75 Å². The molecule has 0 aliphatic heterocycles. The Hall–Kier alpha value is -3.30. The van der Waals surface area contributed by atoms with Gasteiger partial charge in [-0.2, -0.15) is 10.4 Å². The number of anilines is 1. The standard InChI is InChI=1S/C19H15ClN4O2/c20-16-5-1-15(2-6-16)12-24-18(9-10-22-24)23-19(25)13-26-17-7-3-14(11-21)4-8-17/h1-10H,12-13H2,(H,23,25). The van der Waals surface area contributed by atoms with Crippen molar-refractivity contribution in [2.24, 2.45) is 0 Å². The van der Waals surface area contributed by atoms with Crippen LogP contribution in [0.15, 0.2) is 60.8 Å². The predicted octanol–water partition coefficient (Wildman–Crippen LogP) is 3.47. The number of rotatable bonds is 6. The van der Waals surface area contributed by atoms with E-state index in [1.807, 2.05) is 30.3 Å². The van der Waals surface area contributed by atoms with Gasteiger partial charge in [0.25, 0.3) is 5.91 Å². The van der Waals surface area contributed by atoms with E-state index in [4.69, 9.17) is 21.6 Å². The second-order valence-electron chi connectivity index (χ2n) is 5.47. The zero-order valence-corrected chi connectivity index (χ0v) is 14.5. The van der Waals surface area contributed by atoms with Crippen LogP contribution in [0.25, 0.3) is 0 Å². The molecular weight excluding hydrogens is 352 g/mol. The third kappa shape index (κ3) is 4.62. The average molecular weight is 367 g/mol. The first-order chi connectivity index (χ1) is 12.6. The molecule has 1 aromatic heterocycles. The SMILES string of the molecule is N#Cc1ccc(OCC(=O)Nc2ccnn2Cc2ccc(Cl)cc2)cc1. The van der Waals surface area contributed by atoms with E-state index in [1.165, 1.54) is 0 Å². The van der Waals surface area contributed by atoms with Gasteiger partial charge in [0, 0.05) is 11.1 Å². The van der Waals surface area contributed by atoms with Crippen LogP contribution >= 0.6 is 11.6 Å². The van der Waals surface area contributed by atoms with Gasteiger partial charge in [-0.05, 0) is 42.0 Å². The molecule has 1 N–H and O–H groups in total. The number of carbonyl (C=O) groups is 1. The number of nitrogens with zero attached hydrogens (tertiary/aromatic N) is 3. The maximum Gasteiger partial charge on any atom is 0.263 e. The molecule has 0 unspecified atom stereocenters. The van der Waals surface area contributed by atoms with Gasteiger partial charge in [0.1, 0.15) is 11.6 Å². The highest BCUT2D eigenvalue weighted by Gasteiger charge is 2.09. The highest BCUT2D eigenvalue weighted by molar-refractivity contribution is 6.30. The summed E-state index contributed by atoms with van der Waals surface area (Å²) in [6.45, 7) is 0.369. The van der Waals surface area contributed by atoms with Gasteiger partial charge in [0.05, 0.1) is 24.4 Å². The first-order valence-electron chi connectivity index (χ1n) is 7.83. The lowest BCUT2D eigenvalue weighted by molar-refractivity contribution is -0.118. The number of benzene rings is 2. The summed E-state index contributed by atoms with van der Waals surface area (Å²) in [7, 11) is 0. The Morgan fingerprint density at radius 2 is 1.88 bits per heavy atom. The van der Waals surface area contributed by atoms with Gasteiger partial charge in [-0.25, -0.2) is 4.68 Å². The summed E-state index contributed by atoms with van der Waals surface area (Å²) in [5.74, 6) is 0.800. The lowest BCUT2D eigenvalue weighted by Crippen LogP contribution is -2.22. The summed E-state index contributed by atoms with van der Waals surface area (Å²) in [6.07, 6.45) is 1.62. The summed E-state index contributed by atoms with van der Waals surface area (Å²) in [4.78, 5) is 12.1. The second kappa shape index (κ2) is 8.19. The van der Waals surface area contributed by atoms with Crippen LogP contribution in [-0.4, -0.2) is 22.3 Å². The topological polar surface area (TPSA) is 79.9 Å². The number of ether oxygens (including phenoxy) is 1. The fraction of sp³-hybridized carbons (Fsp3) is 0.105. The minimum Gasteiger partial charge on any atom is -0.484 e. The van der Waals surface area contributed by atoms with Crippen molar-refractivity contribution in [3.05, 3.63) is 76.9 Å². The first-order valence-corrected chi connectivity index (χ1v) is 8.21. The van der Waals surface area contributed by atoms with Gasteiger partial charge in [0.15, 0.2) is 6.61 Å². The van der Waals surface area contributed by atoms with Crippen molar-refractivity contribution in [1.29, 1.82) is 5.26 Å². The molecule has 0 bridgehead atoms. The minimum absolute atomic E-state index is 0.141. The first kappa shape index (κ1) is 17.5. The quantitative estimate of drug-likeness (QED) is 0.724. The molecule has 0 aliphatic rings. The summed E-state index contributed by atoms with van der Waals surface area (Å²) in [5, 5.41) is 16.4. The zero-order valence-electron chi connectivity index (χ0n) is 13.7. The van der Waals surface area contributed by atoms with Gasteiger partial charge >= 0.3 is 0 Å². The summed E-state index contributed by atoms with van der Waals surface area (Å²) in [5.41, 5.74) is 1.55. The van der Waals surface area contributed by atoms with Crippen molar-refractivity contribution >= 4 is 23.3 Å². The maximum absolute atomic E-state index is 12.1. The van der Waals surface area contributed by atoms with Crippen molar-refractivity contribution in [3.63, 3.8) is 0 Å². The molecule has 130 valence electrons. The van der Waals surface area contributed by atoms with E-state index < -0.39 is 0 Å². The normalized spacial score (nSPS) is 10.2. The molecule has 2 aromatic carbocycles.